The van der Waals surface area contributed by atoms with E-state index in [2.05, 4.69) is 12.2 Å². The summed E-state index contributed by atoms with van der Waals surface area (Å²) in [7, 11) is 0. The third kappa shape index (κ3) is 3.73. The van der Waals surface area contributed by atoms with Crippen LogP contribution >= 0.6 is 0 Å². The van der Waals surface area contributed by atoms with Crippen LogP contribution in [0.4, 0.5) is 0 Å². The van der Waals surface area contributed by atoms with E-state index in [1.807, 2.05) is 24.0 Å². The number of piperazine rings is 1. The van der Waals surface area contributed by atoms with Crippen molar-refractivity contribution < 1.29 is 9.90 Å². The van der Waals surface area contributed by atoms with Crippen LogP contribution in [-0.2, 0) is 4.79 Å². The number of phenols is 1. The molecule has 1 atom stereocenters. The van der Waals surface area contributed by atoms with E-state index in [-0.39, 0.29) is 5.91 Å². The number of amides is 1. The van der Waals surface area contributed by atoms with E-state index in [4.69, 9.17) is 0 Å². The van der Waals surface area contributed by atoms with Crippen LogP contribution in [0.3, 0.4) is 0 Å². The van der Waals surface area contributed by atoms with E-state index in [1.165, 1.54) is 5.56 Å². The number of nitrogens with zero attached hydrogens (tertiary/aromatic N) is 1. The Labute approximate surface area is 120 Å². The summed E-state index contributed by atoms with van der Waals surface area (Å²) in [5.74, 6) is 0.924. The highest BCUT2D eigenvalue weighted by molar-refractivity contribution is 5.76. The van der Waals surface area contributed by atoms with Crippen LogP contribution in [0.25, 0.3) is 0 Å². The first-order valence-electron chi connectivity index (χ1n) is 7.36. The first kappa shape index (κ1) is 14.9. The molecule has 2 rings (SSSR count). The molecule has 1 fully saturated rings. The summed E-state index contributed by atoms with van der Waals surface area (Å²) in [6, 6.07) is 5.69. The molecule has 0 aliphatic carbocycles. The van der Waals surface area contributed by atoms with Crippen molar-refractivity contribution in [1.82, 2.24) is 10.2 Å². The van der Waals surface area contributed by atoms with Crippen molar-refractivity contribution in [2.24, 2.45) is 0 Å². The van der Waals surface area contributed by atoms with Gasteiger partial charge in [-0.2, -0.15) is 0 Å². The standard InChI is InChI=1S/C16H24N2O2/c1-12(14-4-5-15(19)13(2)11-14)3-6-16(20)18-9-7-17-8-10-18/h4-5,11-12,17,19H,3,6-10H2,1-2H3. The largest absolute Gasteiger partial charge is 0.508 e. The maximum Gasteiger partial charge on any atom is 0.222 e. The number of benzene rings is 1. The molecule has 1 aliphatic rings. The predicted octanol–water partition coefficient (Wildman–Crippen LogP) is 2.02. The Balaban J connectivity index is 1.86. The van der Waals surface area contributed by atoms with Crippen LogP contribution in [0.15, 0.2) is 18.2 Å². The average molecular weight is 276 g/mol. The summed E-state index contributed by atoms with van der Waals surface area (Å²) in [6.07, 6.45) is 1.45. The van der Waals surface area contributed by atoms with E-state index >= 15 is 0 Å². The fourth-order valence-corrected chi connectivity index (χ4v) is 2.56. The van der Waals surface area contributed by atoms with Gasteiger partial charge in [-0.3, -0.25) is 4.79 Å². The molecule has 4 nitrogen and oxygen atoms in total. The Morgan fingerprint density at radius 1 is 1.40 bits per heavy atom. The molecular formula is C16H24N2O2. The number of aromatic hydroxyl groups is 1. The number of rotatable bonds is 4. The van der Waals surface area contributed by atoms with Gasteiger partial charge < -0.3 is 15.3 Å². The van der Waals surface area contributed by atoms with Gasteiger partial charge in [-0.25, -0.2) is 0 Å². The molecule has 20 heavy (non-hydrogen) atoms. The smallest absolute Gasteiger partial charge is 0.222 e. The summed E-state index contributed by atoms with van der Waals surface area (Å²) in [4.78, 5) is 14.1. The molecule has 0 spiro atoms. The highest BCUT2D eigenvalue weighted by Crippen LogP contribution is 2.25. The fraction of sp³-hybridized carbons (Fsp3) is 0.562. The molecule has 0 aromatic heterocycles. The number of hydrogen-bond acceptors (Lipinski definition) is 3. The molecule has 1 amide bonds. The van der Waals surface area contributed by atoms with Crippen LogP contribution in [0.5, 0.6) is 5.75 Å². The van der Waals surface area contributed by atoms with Crippen molar-refractivity contribution in [3.63, 3.8) is 0 Å². The second kappa shape index (κ2) is 6.75. The van der Waals surface area contributed by atoms with E-state index in [0.29, 0.717) is 18.1 Å². The van der Waals surface area contributed by atoms with Crippen LogP contribution in [0.2, 0.25) is 0 Å². The fourth-order valence-electron chi connectivity index (χ4n) is 2.56. The van der Waals surface area contributed by atoms with Gasteiger partial charge in [0.05, 0.1) is 0 Å². The zero-order chi connectivity index (χ0) is 14.5. The lowest BCUT2D eigenvalue weighted by atomic mass is 9.94. The van der Waals surface area contributed by atoms with Crippen molar-refractivity contribution >= 4 is 5.91 Å². The molecule has 0 bridgehead atoms. The van der Waals surface area contributed by atoms with Gasteiger partial charge in [0.25, 0.3) is 0 Å². The normalized spacial score (nSPS) is 17.0. The zero-order valence-corrected chi connectivity index (χ0v) is 12.4. The molecule has 1 aromatic carbocycles. The molecule has 0 radical (unpaired) electrons. The van der Waals surface area contributed by atoms with Gasteiger partial charge in [-0.15, -0.1) is 0 Å². The molecule has 2 N–H and O–H groups in total. The summed E-state index contributed by atoms with van der Waals surface area (Å²) in [5, 5.41) is 12.8. The highest BCUT2D eigenvalue weighted by atomic mass is 16.3. The van der Waals surface area contributed by atoms with Gasteiger partial charge in [0.1, 0.15) is 5.75 Å². The lowest BCUT2D eigenvalue weighted by Gasteiger charge is -2.28. The van der Waals surface area contributed by atoms with Gasteiger partial charge in [0, 0.05) is 32.6 Å². The number of carbonyl (C=O) groups excluding carboxylic acids is 1. The summed E-state index contributed by atoms with van der Waals surface area (Å²) in [5.41, 5.74) is 2.08. The van der Waals surface area contributed by atoms with Crippen molar-refractivity contribution in [1.29, 1.82) is 0 Å². The maximum atomic E-state index is 12.1. The summed E-state index contributed by atoms with van der Waals surface area (Å²) >= 11 is 0. The number of nitrogens with one attached hydrogen (secondary N) is 1. The molecule has 1 saturated heterocycles. The maximum absolute atomic E-state index is 12.1. The Hall–Kier alpha value is -1.55. The minimum absolute atomic E-state index is 0.258. The SMILES string of the molecule is Cc1cc(C(C)CCC(=O)N2CCNCC2)ccc1O. The first-order chi connectivity index (χ1) is 9.58. The predicted molar refractivity (Wildman–Crippen MR) is 79.9 cm³/mol. The van der Waals surface area contributed by atoms with Gasteiger partial charge in [0.15, 0.2) is 0 Å². The molecule has 1 aromatic rings. The van der Waals surface area contributed by atoms with Crippen molar-refractivity contribution in [2.45, 2.75) is 32.6 Å². The summed E-state index contributed by atoms with van der Waals surface area (Å²) in [6.45, 7) is 7.49. The quantitative estimate of drug-likeness (QED) is 0.884. The Kier molecular flexibility index (Phi) is 5.01. The minimum Gasteiger partial charge on any atom is -0.508 e. The van der Waals surface area contributed by atoms with Crippen LogP contribution in [-0.4, -0.2) is 42.1 Å². The molecule has 1 unspecified atom stereocenters. The Morgan fingerprint density at radius 2 is 2.10 bits per heavy atom. The van der Waals surface area contributed by atoms with Crippen molar-refractivity contribution in [2.75, 3.05) is 26.2 Å². The molecule has 110 valence electrons. The van der Waals surface area contributed by atoms with Crippen LogP contribution < -0.4 is 5.32 Å². The average Bonchev–Trinajstić information content (AvgIpc) is 2.48. The molecule has 0 saturated carbocycles. The van der Waals surface area contributed by atoms with Crippen molar-refractivity contribution in [3.05, 3.63) is 29.3 Å². The molecular weight excluding hydrogens is 252 g/mol. The third-order valence-electron chi connectivity index (χ3n) is 4.05. The van der Waals surface area contributed by atoms with Crippen LogP contribution in [0.1, 0.15) is 36.8 Å². The van der Waals surface area contributed by atoms with E-state index in [0.717, 1.165) is 38.2 Å². The first-order valence-corrected chi connectivity index (χ1v) is 7.36. The van der Waals surface area contributed by atoms with Gasteiger partial charge in [-0.1, -0.05) is 19.1 Å². The molecule has 1 heterocycles. The number of carbonyl (C=O) groups is 1. The van der Waals surface area contributed by atoms with Crippen molar-refractivity contribution in [3.8, 4) is 5.75 Å². The number of aryl methyl sites for hydroxylation is 1. The minimum atomic E-state index is 0.258. The molecule has 4 heteroatoms. The molecule has 1 aliphatic heterocycles. The second-order valence-corrected chi connectivity index (χ2v) is 5.62. The van der Waals surface area contributed by atoms with E-state index in [1.54, 1.807) is 6.07 Å². The van der Waals surface area contributed by atoms with Gasteiger partial charge >= 0.3 is 0 Å². The van der Waals surface area contributed by atoms with Gasteiger partial charge in [0.2, 0.25) is 5.91 Å². The topological polar surface area (TPSA) is 52.6 Å². The van der Waals surface area contributed by atoms with Crippen LogP contribution in [0, 0.1) is 6.92 Å². The zero-order valence-electron chi connectivity index (χ0n) is 12.4. The lowest BCUT2D eigenvalue weighted by molar-refractivity contribution is -0.131. The third-order valence-corrected chi connectivity index (χ3v) is 4.05. The highest BCUT2D eigenvalue weighted by Gasteiger charge is 2.17. The Bertz CT molecular complexity index is 468. The van der Waals surface area contributed by atoms with E-state index < -0.39 is 0 Å². The van der Waals surface area contributed by atoms with Gasteiger partial charge in [-0.05, 0) is 36.5 Å². The summed E-state index contributed by atoms with van der Waals surface area (Å²) < 4.78 is 0. The number of phenolic OH excluding ortho intramolecular Hbond substituents is 1. The lowest BCUT2D eigenvalue weighted by Crippen LogP contribution is -2.46. The Morgan fingerprint density at radius 3 is 2.75 bits per heavy atom. The second-order valence-electron chi connectivity index (χ2n) is 5.62. The number of hydrogen-bond donors (Lipinski definition) is 2. The monoisotopic (exact) mass is 276 g/mol. The van der Waals surface area contributed by atoms with E-state index in [9.17, 15) is 9.90 Å².